The third kappa shape index (κ3) is 14.1. The summed E-state index contributed by atoms with van der Waals surface area (Å²) in [6.07, 6.45) is 10.0. The molecule has 0 aliphatic carbocycles. The Hall–Kier alpha value is -0.790. The maximum absolute atomic E-state index is 10.0. The minimum Gasteiger partial charge on any atom is -0.478 e. The molecule has 0 saturated carbocycles. The van der Waals surface area contributed by atoms with Crippen LogP contribution in [0.4, 0.5) is 0 Å². The molecule has 0 amide bonds. The Kier molecular flexibility index (Phi) is 12.7. The van der Waals surface area contributed by atoms with Gasteiger partial charge in [-0.1, -0.05) is 38.7 Å². The first-order valence-corrected chi connectivity index (χ1v) is 4.67. The van der Waals surface area contributed by atoms with Crippen LogP contribution in [0.3, 0.4) is 0 Å². The van der Waals surface area contributed by atoms with E-state index in [2.05, 4.69) is 6.92 Å². The zero-order chi connectivity index (χ0) is 9.23. The molecule has 4 radical (unpaired) electrons. The molecule has 2 heteroatoms. The van der Waals surface area contributed by atoms with Gasteiger partial charge in [0.05, 0.1) is 0 Å². The fraction of sp³-hybridized carbons (Fsp3) is 0.636. The lowest BCUT2D eigenvalue weighted by atomic mass is 10.1. The highest BCUT2D eigenvalue weighted by molar-refractivity contribution is 5.79. The highest BCUT2D eigenvalue weighted by Gasteiger charge is 1.87. The topological polar surface area (TPSA) is 37.3 Å². The van der Waals surface area contributed by atoms with Crippen LogP contribution in [0.2, 0.25) is 0 Å². The van der Waals surface area contributed by atoms with Gasteiger partial charge in [0.25, 0.3) is 0 Å². The SMILES string of the molecule is CCCCCCC/C=C\C(=O)O.[C]. The highest BCUT2D eigenvalue weighted by atomic mass is 16.4. The molecule has 0 atom stereocenters. The number of unbranched alkanes of at least 4 members (excludes halogenated alkanes) is 5. The third-order valence-electron chi connectivity index (χ3n) is 1.73. The van der Waals surface area contributed by atoms with Crippen LogP contribution in [0.5, 0.6) is 0 Å². The van der Waals surface area contributed by atoms with Crippen molar-refractivity contribution >= 4 is 5.97 Å². The Bertz CT molecular complexity index is 139. The minimum absolute atomic E-state index is 0. The predicted molar refractivity (Wildman–Crippen MR) is 53.4 cm³/mol. The van der Waals surface area contributed by atoms with Crippen LogP contribution in [0.1, 0.15) is 45.4 Å². The Morgan fingerprint density at radius 2 is 1.85 bits per heavy atom. The number of hydrogen-bond donors (Lipinski definition) is 1. The van der Waals surface area contributed by atoms with Gasteiger partial charge in [0.15, 0.2) is 0 Å². The van der Waals surface area contributed by atoms with Crippen molar-refractivity contribution in [3.8, 4) is 0 Å². The van der Waals surface area contributed by atoms with Crippen LogP contribution in [-0.4, -0.2) is 11.1 Å². The summed E-state index contributed by atoms with van der Waals surface area (Å²) in [5, 5.41) is 8.27. The number of allylic oxidation sites excluding steroid dienone is 1. The summed E-state index contributed by atoms with van der Waals surface area (Å²) < 4.78 is 0. The number of aliphatic carboxylic acids is 1. The van der Waals surface area contributed by atoms with Gasteiger partial charge >= 0.3 is 5.97 Å². The van der Waals surface area contributed by atoms with E-state index in [-0.39, 0.29) is 7.43 Å². The van der Waals surface area contributed by atoms with Crippen molar-refractivity contribution in [3.05, 3.63) is 19.6 Å². The van der Waals surface area contributed by atoms with E-state index in [1.54, 1.807) is 6.08 Å². The molecule has 0 aliphatic heterocycles. The molecule has 0 bridgehead atoms. The van der Waals surface area contributed by atoms with E-state index >= 15 is 0 Å². The van der Waals surface area contributed by atoms with Gasteiger partial charge in [-0.2, -0.15) is 0 Å². The van der Waals surface area contributed by atoms with Gasteiger partial charge in [-0.3, -0.25) is 0 Å². The fourth-order valence-corrected chi connectivity index (χ4v) is 1.05. The summed E-state index contributed by atoms with van der Waals surface area (Å²) in [6.45, 7) is 2.18. The average Bonchev–Trinajstić information content (AvgIpc) is 2.02. The first-order valence-electron chi connectivity index (χ1n) is 4.67. The predicted octanol–water partition coefficient (Wildman–Crippen LogP) is 3.07. The van der Waals surface area contributed by atoms with Crippen LogP contribution in [0.15, 0.2) is 12.2 Å². The Morgan fingerprint density at radius 3 is 2.38 bits per heavy atom. The van der Waals surface area contributed by atoms with E-state index in [1.807, 2.05) is 0 Å². The van der Waals surface area contributed by atoms with E-state index in [0.717, 1.165) is 12.8 Å². The molecule has 0 aliphatic rings. The molecule has 0 spiro atoms. The summed E-state index contributed by atoms with van der Waals surface area (Å²) in [5.74, 6) is -0.844. The van der Waals surface area contributed by atoms with Gasteiger partial charge in [-0.05, 0) is 12.8 Å². The lowest BCUT2D eigenvalue weighted by molar-refractivity contribution is -0.131. The summed E-state index contributed by atoms with van der Waals surface area (Å²) >= 11 is 0. The highest BCUT2D eigenvalue weighted by Crippen LogP contribution is 2.04. The molecule has 0 rings (SSSR count). The zero-order valence-corrected chi connectivity index (χ0v) is 8.25. The molecule has 0 aromatic carbocycles. The van der Waals surface area contributed by atoms with Gasteiger partial charge in [-0.15, -0.1) is 0 Å². The van der Waals surface area contributed by atoms with Gasteiger partial charge in [-0.25, -0.2) is 4.79 Å². The van der Waals surface area contributed by atoms with Crippen LogP contribution in [0, 0.1) is 7.43 Å². The molecule has 0 unspecified atom stereocenters. The van der Waals surface area contributed by atoms with Crippen LogP contribution in [-0.2, 0) is 4.79 Å². The molecule has 1 N–H and O–H groups in total. The summed E-state index contributed by atoms with van der Waals surface area (Å²) in [5.41, 5.74) is 0. The van der Waals surface area contributed by atoms with Gasteiger partial charge in [0.1, 0.15) is 0 Å². The monoisotopic (exact) mass is 182 g/mol. The summed E-state index contributed by atoms with van der Waals surface area (Å²) in [6, 6.07) is 0. The number of carbonyl (C=O) groups is 1. The van der Waals surface area contributed by atoms with Crippen LogP contribution >= 0.6 is 0 Å². The molecule has 0 aromatic heterocycles. The number of carboxylic acid groups (broad SMARTS) is 1. The second-order valence-electron chi connectivity index (χ2n) is 2.94. The molecular formula is C11H18O2. The first kappa shape index (κ1) is 14.7. The molecule has 0 heterocycles. The maximum Gasteiger partial charge on any atom is 0.327 e. The second-order valence-corrected chi connectivity index (χ2v) is 2.94. The van der Waals surface area contributed by atoms with Crippen molar-refractivity contribution in [2.75, 3.05) is 0 Å². The van der Waals surface area contributed by atoms with E-state index in [4.69, 9.17) is 5.11 Å². The quantitative estimate of drug-likeness (QED) is 0.485. The Morgan fingerprint density at radius 1 is 1.23 bits per heavy atom. The number of hydrogen-bond acceptors (Lipinski definition) is 1. The summed E-state index contributed by atoms with van der Waals surface area (Å²) in [7, 11) is 0. The lowest BCUT2D eigenvalue weighted by Crippen LogP contribution is -1.85. The van der Waals surface area contributed by atoms with E-state index in [1.165, 1.54) is 31.8 Å². The van der Waals surface area contributed by atoms with Gasteiger partial charge in [0.2, 0.25) is 0 Å². The molecule has 13 heavy (non-hydrogen) atoms. The van der Waals surface area contributed by atoms with E-state index in [9.17, 15) is 4.79 Å². The van der Waals surface area contributed by atoms with Crippen LogP contribution in [0.25, 0.3) is 0 Å². The van der Waals surface area contributed by atoms with Crippen molar-refractivity contribution in [1.82, 2.24) is 0 Å². The van der Waals surface area contributed by atoms with Crippen molar-refractivity contribution in [2.24, 2.45) is 0 Å². The maximum atomic E-state index is 10.0. The molecule has 0 aromatic rings. The van der Waals surface area contributed by atoms with Gasteiger partial charge < -0.3 is 5.11 Å². The minimum atomic E-state index is -0.844. The lowest BCUT2D eigenvalue weighted by Gasteiger charge is -1.95. The van der Waals surface area contributed by atoms with Gasteiger partial charge in [0, 0.05) is 13.5 Å². The van der Waals surface area contributed by atoms with E-state index < -0.39 is 5.97 Å². The van der Waals surface area contributed by atoms with Crippen molar-refractivity contribution < 1.29 is 9.90 Å². The van der Waals surface area contributed by atoms with Crippen molar-refractivity contribution in [2.45, 2.75) is 45.4 Å². The molecule has 0 saturated heterocycles. The smallest absolute Gasteiger partial charge is 0.327 e. The molecule has 2 nitrogen and oxygen atoms in total. The normalized spacial score (nSPS) is 9.92. The zero-order valence-electron chi connectivity index (χ0n) is 8.25. The van der Waals surface area contributed by atoms with Crippen LogP contribution < -0.4 is 0 Å². The fourth-order valence-electron chi connectivity index (χ4n) is 1.05. The standard InChI is InChI=1S/C10H18O2.C/c1-2-3-4-5-6-7-8-9-10(11)12;/h8-9H,2-7H2,1H3,(H,11,12);/b9-8-;. The third-order valence-corrected chi connectivity index (χ3v) is 1.73. The average molecular weight is 182 g/mol. The van der Waals surface area contributed by atoms with E-state index in [0.29, 0.717) is 0 Å². The van der Waals surface area contributed by atoms with Crippen molar-refractivity contribution in [1.29, 1.82) is 0 Å². The van der Waals surface area contributed by atoms with Crippen molar-refractivity contribution in [3.63, 3.8) is 0 Å². The molecule has 74 valence electrons. The Balaban J connectivity index is 0. The number of rotatable bonds is 7. The Labute approximate surface area is 81.7 Å². The molecular weight excluding hydrogens is 164 g/mol. The largest absolute Gasteiger partial charge is 0.478 e. The first-order chi connectivity index (χ1) is 5.77. The summed E-state index contributed by atoms with van der Waals surface area (Å²) in [4.78, 5) is 10.0. The number of carboxylic acids is 1. The second kappa shape index (κ2) is 11.2. The molecule has 0 fully saturated rings.